The monoisotopic (exact) mass is 207 g/mol. The van der Waals surface area contributed by atoms with Gasteiger partial charge in [0.2, 0.25) is 0 Å². The molecule has 2 aliphatic heterocycles. The Morgan fingerprint density at radius 3 is 3.27 bits per heavy atom. The highest BCUT2D eigenvalue weighted by molar-refractivity contribution is 5.13. The molecule has 1 aromatic rings. The lowest BCUT2D eigenvalue weighted by molar-refractivity contribution is -0.0413. The van der Waals surface area contributed by atoms with Gasteiger partial charge in [-0.3, -0.25) is 0 Å². The maximum atomic E-state index is 5.68. The quantitative estimate of drug-likeness (QED) is 0.697. The number of fused-ring (bicyclic) bond motifs is 1. The zero-order valence-electron chi connectivity index (χ0n) is 8.69. The third kappa shape index (κ3) is 1.68. The molecule has 0 aromatic carbocycles. The van der Waals surface area contributed by atoms with Crippen molar-refractivity contribution < 1.29 is 9.47 Å². The van der Waals surface area contributed by atoms with Crippen molar-refractivity contribution in [2.45, 2.75) is 25.3 Å². The third-order valence-electron chi connectivity index (χ3n) is 3.10. The van der Waals surface area contributed by atoms with E-state index in [2.05, 4.69) is 9.55 Å². The van der Waals surface area contributed by atoms with Crippen LogP contribution in [0.25, 0.3) is 0 Å². The normalized spacial score (nSPS) is 27.6. The molecular weight excluding hydrogens is 192 g/mol. The maximum Gasteiger partial charge on any atom is 0.133 e. The number of rotatable bonds is 1. The zero-order valence-corrected chi connectivity index (χ0v) is 8.69. The van der Waals surface area contributed by atoms with Crippen LogP contribution in [0.5, 0.6) is 0 Å². The van der Waals surface area contributed by atoms with Crippen molar-refractivity contribution in [3.05, 3.63) is 24.3 Å². The van der Waals surface area contributed by atoms with Crippen LogP contribution in [-0.4, -0.2) is 29.4 Å². The predicted molar refractivity (Wildman–Crippen MR) is 54.2 cm³/mol. The van der Waals surface area contributed by atoms with E-state index in [0.29, 0.717) is 25.7 Å². The van der Waals surface area contributed by atoms with E-state index in [-0.39, 0.29) is 0 Å². The molecule has 0 aliphatic carbocycles. The topological polar surface area (TPSA) is 36.3 Å². The third-order valence-corrected chi connectivity index (χ3v) is 3.10. The Labute approximate surface area is 89.2 Å². The molecule has 1 aromatic heterocycles. The maximum absolute atomic E-state index is 5.68. The smallest absolute Gasteiger partial charge is 0.133 e. The van der Waals surface area contributed by atoms with E-state index in [0.717, 1.165) is 24.9 Å². The minimum atomic E-state index is 0.342. The standard InChI is InChI=1S/C11H15N2O2/c1-2-9(10-8-14-6-7-15-10)11-12-3-5-13(11)4-1/h3,5,9H,1-2,4,6-8H2. The second-order valence-corrected chi connectivity index (χ2v) is 4.04. The van der Waals surface area contributed by atoms with Gasteiger partial charge in [0, 0.05) is 18.9 Å². The summed E-state index contributed by atoms with van der Waals surface area (Å²) in [4.78, 5) is 4.42. The summed E-state index contributed by atoms with van der Waals surface area (Å²) < 4.78 is 13.3. The lowest BCUT2D eigenvalue weighted by Crippen LogP contribution is -2.30. The molecule has 2 aliphatic rings. The SMILES string of the molecule is c1cn2c(n1)C([C]1COCCO1)CCC2. The molecule has 0 saturated carbocycles. The van der Waals surface area contributed by atoms with Gasteiger partial charge in [-0.05, 0) is 12.8 Å². The average molecular weight is 207 g/mol. The molecule has 4 nitrogen and oxygen atoms in total. The molecule has 0 N–H and O–H groups in total. The van der Waals surface area contributed by atoms with Gasteiger partial charge >= 0.3 is 0 Å². The first-order valence-corrected chi connectivity index (χ1v) is 5.52. The first-order valence-electron chi connectivity index (χ1n) is 5.52. The van der Waals surface area contributed by atoms with Gasteiger partial charge in [0.15, 0.2) is 0 Å². The van der Waals surface area contributed by atoms with Crippen molar-refractivity contribution in [1.29, 1.82) is 0 Å². The first-order chi connectivity index (χ1) is 7.45. The minimum Gasteiger partial charge on any atom is -0.376 e. The number of aryl methyl sites for hydroxylation is 1. The van der Waals surface area contributed by atoms with Crippen LogP contribution in [0.2, 0.25) is 0 Å². The molecule has 1 atom stereocenters. The summed E-state index contributed by atoms with van der Waals surface area (Å²) in [5, 5.41) is 0. The van der Waals surface area contributed by atoms with Crippen LogP contribution >= 0.6 is 0 Å². The van der Waals surface area contributed by atoms with E-state index < -0.39 is 0 Å². The van der Waals surface area contributed by atoms with Gasteiger partial charge in [0.05, 0.1) is 25.7 Å². The molecule has 3 rings (SSSR count). The van der Waals surface area contributed by atoms with Crippen LogP contribution in [0.4, 0.5) is 0 Å². The number of imidazole rings is 1. The van der Waals surface area contributed by atoms with Crippen molar-refractivity contribution in [2.75, 3.05) is 19.8 Å². The Hall–Kier alpha value is -0.870. The van der Waals surface area contributed by atoms with Gasteiger partial charge in [0.1, 0.15) is 11.9 Å². The molecule has 1 fully saturated rings. The van der Waals surface area contributed by atoms with Crippen molar-refractivity contribution in [1.82, 2.24) is 9.55 Å². The van der Waals surface area contributed by atoms with Gasteiger partial charge in [-0.25, -0.2) is 4.98 Å². The van der Waals surface area contributed by atoms with Crippen LogP contribution in [0.1, 0.15) is 24.6 Å². The minimum absolute atomic E-state index is 0.342. The van der Waals surface area contributed by atoms with Crippen LogP contribution in [0, 0.1) is 6.10 Å². The molecule has 1 saturated heterocycles. The van der Waals surface area contributed by atoms with Gasteiger partial charge in [-0.2, -0.15) is 0 Å². The molecular formula is C11H15N2O2. The first kappa shape index (κ1) is 9.36. The van der Waals surface area contributed by atoms with Crippen molar-refractivity contribution in [3.63, 3.8) is 0 Å². The Balaban J connectivity index is 1.82. The summed E-state index contributed by atoms with van der Waals surface area (Å²) >= 11 is 0. The number of hydrogen-bond donors (Lipinski definition) is 0. The van der Waals surface area contributed by atoms with Crippen molar-refractivity contribution >= 4 is 0 Å². The summed E-state index contributed by atoms with van der Waals surface area (Å²) in [7, 11) is 0. The van der Waals surface area contributed by atoms with Crippen molar-refractivity contribution in [2.24, 2.45) is 0 Å². The highest BCUT2D eigenvalue weighted by Gasteiger charge is 2.32. The van der Waals surface area contributed by atoms with E-state index in [9.17, 15) is 0 Å². The average Bonchev–Trinajstić information content (AvgIpc) is 2.78. The fourth-order valence-corrected chi connectivity index (χ4v) is 2.37. The number of nitrogens with zero attached hydrogens (tertiary/aromatic N) is 2. The van der Waals surface area contributed by atoms with Gasteiger partial charge in [-0.15, -0.1) is 0 Å². The number of aromatic nitrogens is 2. The van der Waals surface area contributed by atoms with Crippen LogP contribution < -0.4 is 0 Å². The zero-order chi connectivity index (χ0) is 10.1. The van der Waals surface area contributed by atoms with Gasteiger partial charge in [0.25, 0.3) is 0 Å². The molecule has 0 bridgehead atoms. The van der Waals surface area contributed by atoms with Gasteiger partial charge < -0.3 is 14.0 Å². The highest BCUT2D eigenvalue weighted by atomic mass is 16.6. The molecule has 0 amide bonds. The molecule has 1 unspecified atom stereocenters. The molecule has 1 radical (unpaired) electrons. The summed E-state index contributed by atoms with van der Waals surface area (Å²) in [5.41, 5.74) is 0. The van der Waals surface area contributed by atoms with E-state index in [1.165, 1.54) is 6.42 Å². The number of hydrogen-bond acceptors (Lipinski definition) is 3. The molecule has 3 heterocycles. The Bertz CT molecular complexity index is 331. The Kier molecular flexibility index (Phi) is 2.46. The fourth-order valence-electron chi connectivity index (χ4n) is 2.37. The molecule has 81 valence electrons. The Morgan fingerprint density at radius 2 is 2.40 bits per heavy atom. The summed E-state index contributed by atoms with van der Waals surface area (Å²) in [6.45, 7) is 3.12. The van der Waals surface area contributed by atoms with Crippen LogP contribution in [0.15, 0.2) is 12.4 Å². The highest BCUT2D eigenvalue weighted by Crippen LogP contribution is 2.35. The lowest BCUT2D eigenvalue weighted by atomic mass is 9.93. The lowest BCUT2D eigenvalue weighted by Gasteiger charge is -2.31. The largest absolute Gasteiger partial charge is 0.376 e. The Morgan fingerprint density at radius 1 is 1.40 bits per heavy atom. The molecule has 15 heavy (non-hydrogen) atoms. The summed E-state index contributed by atoms with van der Waals surface area (Å²) in [5.74, 6) is 1.48. The summed E-state index contributed by atoms with van der Waals surface area (Å²) in [6.07, 6.45) is 7.31. The summed E-state index contributed by atoms with van der Waals surface area (Å²) in [6, 6.07) is 0. The number of ether oxygens (including phenoxy) is 2. The van der Waals surface area contributed by atoms with E-state index in [4.69, 9.17) is 9.47 Å². The second-order valence-electron chi connectivity index (χ2n) is 4.04. The van der Waals surface area contributed by atoms with E-state index in [1.54, 1.807) is 0 Å². The van der Waals surface area contributed by atoms with Gasteiger partial charge in [-0.1, -0.05) is 0 Å². The molecule has 4 heteroatoms. The van der Waals surface area contributed by atoms with Crippen LogP contribution in [-0.2, 0) is 16.0 Å². The predicted octanol–water partition coefficient (Wildman–Crippen LogP) is 1.34. The molecule has 0 spiro atoms. The van der Waals surface area contributed by atoms with Crippen molar-refractivity contribution in [3.8, 4) is 0 Å². The fraction of sp³-hybridized carbons (Fsp3) is 0.636. The van der Waals surface area contributed by atoms with Crippen LogP contribution in [0.3, 0.4) is 0 Å². The van der Waals surface area contributed by atoms with E-state index in [1.807, 2.05) is 12.4 Å². The van der Waals surface area contributed by atoms with E-state index >= 15 is 0 Å². The second kappa shape index (κ2) is 3.94.